The third-order valence-corrected chi connectivity index (χ3v) is 4.83. The average Bonchev–Trinajstić information content (AvgIpc) is 2.86. The van der Waals surface area contributed by atoms with Crippen LogP contribution < -0.4 is 5.32 Å². The van der Waals surface area contributed by atoms with Gasteiger partial charge in [0.15, 0.2) is 0 Å². The molecule has 0 saturated heterocycles. The highest BCUT2D eigenvalue weighted by molar-refractivity contribution is 7.16. The monoisotopic (exact) mass is 261 g/mol. The quantitative estimate of drug-likeness (QED) is 0.905. The fourth-order valence-corrected chi connectivity index (χ4v) is 3.54. The molecule has 0 aliphatic heterocycles. The van der Waals surface area contributed by atoms with Crippen LogP contribution >= 0.6 is 11.3 Å². The van der Waals surface area contributed by atoms with E-state index in [1.165, 1.54) is 32.1 Å². The van der Waals surface area contributed by atoms with E-state index < -0.39 is 0 Å². The van der Waals surface area contributed by atoms with Gasteiger partial charge < -0.3 is 5.32 Å². The minimum atomic E-state index is 0.436. The normalized spacial score (nSPS) is 18.9. The molecule has 1 aliphatic carbocycles. The minimum Gasteiger partial charge on any atom is -0.369 e. The van der Waals surface area contributed by atoms with Gasteiger partial charge in [-0.2, -0.15) is 0 Å². The molecular weight excluding hydrogens is 242 g/mol. The number of aromatic nitrogens is 2. The summed E-state index contributed by atoms with van der Waals surface area (Å²) in [7, 11) is 0. The molecule has 0 bridgehead atoms. The number of nitrogens with one attached hydrogen (secondary N) is 1. The Labute approximate surface area is 112 Å². The molecule has 0 amide bonds. The Bertz CT molecular complexity index is 529. The van der Waals surface area contributed by atoms with Crippen molar-refractivity contribution in [3.8, 4) is 0 Å². The zero-order valence-electron chi connectivity index (χ0n) is 10.8. The molecule has 0 radical (unpaired) electrons. The summed E-state index contributed by atoms with van der Waals surface area (Å²) in [6, 6.07) is 2.10. The Morgan fingerprint density at radius 2 is 2.11 bits per heavy atom. The van der Waals surface area contributed by atoms with Gasteiger partial charge in [-0.3, -0.25) is 0 Å². The molecule has 2 heterocycles. The van der Waals surface area contributed by atoms with Crippen LogP contribution in [0.4, 0.5) is 5.82 Å². The highest BCUT2D eigenvalue weighted by Gasteiger charge is 2.26. The van der Waals surface area contributed by atoms with E-state index in [0.29, 0.717) is 5.41 Å². The largest absolute Gasteiger partial charge is 0.369 e. The number of anilines is 1. The molecule has 0 aromatic carbocycles. The fraction of sp³-hybridized carbons (Fsp3) is 0.571. The number of fused-ring (bicyclic) bond motifs is 1. The standard InChI is InChI=1S/C14H19N3S/c1-14(6-3-2-4-7-14)9-15-12-11-5-8-18-13(11)17-10-16-12/h5,8,10H,2-4,6-7,9H2,1H3,(H,15,16,17). The lowest BCUT2D eigenvalue weighted by atomic mass is 9.76. The summed E-state index contributed by atoms with van der Waals surface area (Å²) in [5.74, 6) is 0.994. The molecule has 1 N–H and O–H groups in total. The van der Waals surface area contributed by atoms with Crippen molar-refractivity contribution >= 4 is 27.4 Å². The first-order valence-electron chi connectivity index (χ1n) is 6.69. The van der Waals surface area contributed by atoms with Gasteiger partial charge in [0.25, 0.3) is 0 Å². The second kappa shape index (κ2) is 4.84. The Morgan fingerprint density at radius 1 is 1.28 bits per heavy atom. The number of thiophene rings is 1. The Hall–Kier alpha value is -1.16. The summed E-state index contributed by atoms with van der Waals surface area (Å²) < 4.78 is 0. The highest BCUT2D eigenvalue weighted by atomic mass is 32.1. The maximum atomic E-state index is 4.38. The van der Waals surface area contributed by atoms with Crippen molar-refractivity contribution in [3.63, 3.8) is 0 Å². The molecule has 96 valence electrons. The summed E-state index contributed by atoms with van der Waals surface area (Å²) in [6.45, 7) is 3.42. The van der Waals surface area contributed by atoms with Crippen molar-refractivity contribution < 1.29 is 0 Å². The molecule has 0 atom stereocenters. The van der Waals surface area contributed by atoms with E-state index in [2.05, 4.69) is 33.7 Å². The van der Waals surface area contributed by atoms with Crippen LogP contribution in [-0.4, -0.2) is 16.5 Å². The second-order valence-electron chi connectivity index (χ2n) is 5.59. The number of hydrogen-bond donors (Lipinski definition) is 1. The summed E-state index contributed by atoms with van der Waals surface area (Å²) >= 11 is 1.67. The predicted molar refractivity (Wildman–Crippen MR) is 77.1 cm³/mol. The zero-order chi connectivity index (χ0) is 12.4. The van der Waals surface area contributed by atoms with Gasteiger partial charge in [0, 0.05) is 6.54 Å². The van der Waals surface area contributed by atoms with E-state index in [1.54, 1.807) is 17.7 Å². The SMILES string of the molecule is CC1(CNc2ncnc3sccc23)CCCCC1. The molecule has 3 rings (SSSR count). The van der Waals surface area contributed by atoms with Crippen LogP contribution in [0.1, 0.15) is 39.0 Å². The van der Waals surface area contributed by atoms with Gasteiger partial charge in [-0.1, -0.05) is 26.2 Å². The first-order valence-corrected chi connectivity index (χ1v) is 7.57. The van der Waals surface area contributed by atoms with Crippen LogP contribution in [0.3, 0.4) is 0 Å². The van der Waals surface area contributed by atoms with E-state index in [1.807, 2.05) is 0 Å². The molecule has 1 saturated carbocycles. The van der Waals surface area contributed by atoms with Gasteiger partial charge >= 0.3 is 0 Å². The van der Waals surface area contributed by atoms with Crippen molar-refractivity contribution in [1.29, 1.82) is 0 Å². The van der Waals surface area contributed by atoms with Crippen LogP contribution in [-0.2, 0) is 0 Å². The van der Waals surface area contributed by atoms with Gasteiger partial charge in [-0.15, -0.1) is 11.3 Å². The van der Waals surface area contributed by atoms with E-state index >= 15 is 0 Å². The van der Waals surface area contributed by atoms with Gasteiger partial charge in [-0.05, 0) is 29.7 Å². The predicted octanol–water partition coefficient (Wildman–Crippen LogP) is 4.07. The molecule has 1 aliphatic rings. The molecule has 3 nitrogen and oxygen atoms in total. The van der Waals surface area contributed by atoms with Crippen molar-refractivity contribution in [1.82, 2.24) is 9.97 Å². The van der Waals surface area contributed by atoms with Crippen LogP contribution in [0.2, 0.25) is 0 Å². The fourth-order valence-electron chi connectivity index (χ4n) is 2.81. The summed E-state index contributed by atoms with van der Waals surface area (Å²) in [5.41, 5.74) is 0.436. The molecule has 1 fully saturated rings. The Morgan fingerprint density at radius 3 is 2.94 bits per heavy atom. The van der Waals surface area contributed by atoms with Crippen molar-refractivity contribution in [2.45, 2.75) is 39.0 Å². The van der Waals surface area contributed by atoms with Crippen LogP contribution in [0.15, 0.2) is 17.8 Å². The van der Waals surface area contributed by atoms with Crippen molar-refractivity contribution in [2.24, 2.45) is 5.41 Å². The topological polar surface area (TPSA) is 37.8 Å². The van der Waals surface area contributed by atoms with Crippen LogP contribution in [0, 0.1) is 5.41 Å². The van der Waals surface area contributed by atoms with E-state index in [9.17, 15) is 0 Å². The van der Waals surface area contributed by atoms with Crippen LogP contribution in [0.5, 0.6) is 0 Å². The lowest BCUT2D eigenvalue weighted by molar-refractivity contribution is 0.233. The second-order valence-corrected chi connectivity index (χ2v) is 6.48. The Balaban J connectivity index is 1.74. The Kier molecular flexibility index (Phi) is 3.20. The first kappa shape index (κ1) is 11.9. The zero-order valence-corrected chi connectivity index (χ0v) is 11.6. The maximum absolute atomic E-state index is 4.38. The maximum Gasteiger partial charge on any atom is 0.138 e. The molecule has 2 aromatic heterocycles. The van der Waals surface area contributed by atoms with Crippen molar-refractivity contribution in [3.05, 3.63) is 17.8 Å². The first-order chi connectivity index (χ1) is 8.77. The average molecular weight is 261 g/mol. The minimum absolute atomic E-state index is 0.436. The summed E-state index contributed by atoms with van der Waals surface area (Å²) in [4.78, 5) is 9.73. The highest BCUT2D eigenvalue weighted by Crippen LogP contribution is 2.36. The number of hydrogen-bond acceptors (Lipinski definition) is 4. The smallest absolute Gasteiger partial charge is 0.138 e. The third kappa shape index (κ3) is 2.34. The lowest BCUT2D eigenvalue weighted by Crippen LogP contribution is -2.29. The van der Waals surface area contributed by atoms with Crippen LogP contribution in [0.25, 0.3) is 10.2 Å². The third-order valence-electron chi connectivity index (χ3n) is 4.01. The summed E-state index contributed by atoms with van der Waals surface area (Å²) in [5, 5.41) is 6.77. The number of rotatable bonds is 3. The molecule has 18 heavy (non-hydrogen) atoms. The van der Waals surface area contributed by atoms with Gasteiger partial charge in [0.2, 0.25) is 0 Å². The molecule has 0 spiro atoms. The lowest BCUT2D eigenvalue weighted by Gasteiger charge is -2.33. The molecule has 0 unspecified atom stereocenters. The molecular formula is C14H19N3S. The molecule has 4 heteroatoms. The van der Waals surface area contributed by atoms with E-state index in [0.717, 1.165) is 22.6 Å². The van der Waals surface area contributed by atoms with Gasteiger partial charge in [0.1, 0.15) is 17.0 Å². The number of nitrogens with zero attached hydrogens (tertiary/aromatic N) is 2. The van der Waals surface area contributed by atoms with Gasteiger partial charge in [0.05, 0.1) is 5.39 Å². The van der Waals surface area contributed by atoms with E-state index in [-0.39, 0.29) is 0 Å². The van der Waals surface area contributed by atoms with Gasteiger partial charge in [-0.25, -0.2) is 9.97 Å². The molecule has 2 aromatic rings. The summed E-state index contributed by atoms with van der Waals surface area (Å²) in [6.07, 6.45) is 8.46. The van der Waals surface area contributed by atoms with E-state index in [4.69, 9.17) is 0 Å². The van der Waals surface area contributed by atoms with Crippen molar-refractivity contribution in [2.75, 3.05) is 11.9 Å².